The summed E-state index contributed by atoms with van der Waals surface area (Å²) in [6.07, 6.45) is 0.829. The second kappa shape index (κ2) is 10.2. The van der Waals surface area contributed by atoms with E-state index in [4.69, 9.17) is 9.47 Å². The molecule has 2 atom stereocenters. The highest BCUT2D eigenvalue weighted by Crippen LogP contribution is 2.38. The summed E-state index contributed by atoms with van der Waals surface area (Å²) in [6, 6.07) is 7.07. The molecule has 1 heterocycles. The van der Waals surface area contributed by atoms with E-state index in [0.29, 0.717) is 5.57 Å². The maximum absolute atomic E-state index is 15.0. The molecule has 0 bridgehead atoms. The van der Waals surface area contributed by atoms with Gasteiger partial charge in [0.25, 0.3) is 0 Å². The van der Waals surface area contributed by atoms with E-state index >= 15 is 4.39 Å². The van der Waals surface area contributed by atoms with Crippen molar-refractivity contribution in [3.63, 3.8) is 0 Å². The first-order valence-corrected chi connectivity index (χ1v) is 11.7. The van der Waals surface area contributed by atoms with Crippen molar-refractivity contribution >= 4 is 11.5 Å². The van der Waals surface area contributed by atoms with Gasteiger partial charge in [0.05, 0.1) is 19.3 Å². The molecular weight excluding hydrogens is 514 g/mol. The van der Waals surface area contributed by atoms with Crippen LogP contribution in [-0.2, 0) is 9.47 Å². The van der Waals surface area contributed by atoms with Crippen molar-refractivity contribution < 1.29 is 45.3 Å². The Morgan fingerprint density at radius 1 is 0.816 bits per heavy atom. The third-order valence-electron chi connectivity index (χ3n) is 6.63. The van der Waals surface area contributed by atoms with Crippen LogP contribution in [0.3, 0.4) is 0 Å². The van der Waals surface area contributed by atoms with Crippen LogP contribution in [0.1, 0.15) is 46.9 Å². The van der Waals surface area contributed by atoms with Crippen molar-refractivity contribution in [3.05, 3.63) is 94.1 Å². The van der Waals surface area contributed by atoms with Crippen LogP contribution in [-0.4, -0.2) is 25.8 Å². The Balaban J connectivity index is 1.32. The molecule has 38 heavy (non-hydrogen) atoms. The molecule has 0 aromatic heterocycles. The Morgan fingerprint density at radius 2 is 1.45 bits per heavy atom. The Hall–Kier alpha value is -3.79. The molecule has 4 nitrogen and oxygen atoms in total. The van der Waals surface area contributed by atoms with Crippen LogP contribution in [0, 0.1) is 34.9 Å². The van der Waals surface area contributed by atoms with Crippen LogP contribution in [0.15, 0.2) is 42.5 Å². The van der Waals surface area contributed by atoms with Crippen LogP contribution in [0.25, 0.3) is 16.7 Å². The number of hydrogen-bond acceptors (Lipinski definition) is 4. The van der Waals surface area contributed by atoms with Gasteiger partial charge in [-0.1, -0.05) is 30.3 Å². The van der Waals surface area contributed by atoms with E-state index in [0.717, 1.165) is 19.2 Å². The fraction of sp³-hybridized carbons (Fsp3) is 0.250. The monoisotopic (exact) mass is 534 g/mol. The quantitative estimate of drug-likeness (QED) is 0.193. The number of carbonyl (C=O) groups is 1. The van der Waals surface area contributed by atoms with E-state index in [1.165, 1.54) is 24.3 Å². The zero-order valence-corrected chi connectivity index (χ0v) is 19.9. The molecule has 2 unspecified atom stereocenters. The van der Waals surface area contributed by atoms with Crippen molar-refractivity contribution in [2.75, 3.05) is 13.7 Å². The lowest BCUT2D eigenvalue weighted by Crippen LogP contribution is -2.21. The number of rotatable bonds is 6. The molecule has 198 valence electrons. The van der Waals surface area contributed by atoms with Gasteiger partial charge in [-0.05, 0) is 30.5 Å². The zero-order chi connectivity index (χ0) is 27.1. The normalized spacial score (nSPS) is 18.7. The minimum Gasteiger partial charge on any atom is -0.494 e. The molecule has 2 aliphatic rings. The highest BCUT2D eigenvalue weighted by atomic mass is 19.2. The Kier molecular flexibility index (Phi) is 6.92. The van der Waals surface area contributed by atoms with Gasteiger partial charge in [-0.2, -0.15) is 4.39 Å². The van der Waals surface area contributed by atoms with Crippen molar-refractivity contribution in [2.24, 2.45) is 0 Å². The summed E-state index contributed by atoms with van der Waals surface area (Å²) in [6.45, 7) is 0.263. The molecule has 0 spiro atoms. The maximum Gasteiger partial charge on any atom is 0.341 e. The van der Waals surface area contributed by atoms with E-state index in [9.17, 15) is 26.7 Å². The number of halogens is 6. The van der Waals surface area contributed by atoms with Gasteiger partial charge in [0.15, 0.2) is 34.8 Å². The third kappa shape index (κ3) is 4.64. The molecule has 1 aliphatic heterocycles. The summed E-state index contributed by atoms with van der Waals surface area (Å²) in [7, 11) is 1.16. The van der Waals surface area contributed by atoms with Gasteiger partial charge in [0.1, 0.15) is 12.2 Å². The highest BCUT2D eigenvalue weighted by molar-refractivity contribution is 5.90. The lowest BCUT2D eigenvalue weighted by Gasteiger charge is -2.23. The van der Waals surface area contributed by atoms with Gasteiger partial charge in [0.2, 0.25) is 5.82 Å². The van der Waals surface area contributed by atoms with E-state index in [1.54, 1.807) is 6.08 Å². The SMILES string of the molecule is COc1ccc(C(=O)OC2CC=C(c3ccc(-c4ccc(C5CO5)c(F)c4F)c(F)c3F)CC2)c(F)c1F. The Labute approximate surface area is 213 Å². The molecule has 1 fully saturated rings. The van der Waals surface area contributed by atoms with Gasteiger partial charge in [-0.3, -0.25) is 0 Å². The minimum atomic E-state index is -1.40. The summed E-state index contributed by atoms with van der Waals surface area (Å²) in [5.41, 5.74) is -1.06. The second-order valence-electron chi connectivity index (χ2n) is 8.92. The predicted molar refractivity (Wildman–Crippen MR) is 124 cm³/mol. The van der Waals surface area contributed by atoms with Gasteiger partial charge in [-0.15, -0.1) is 0 Å². The fourth-order valence-electron chi connectivity index (χ4n) is 4.48. The van der Waals surface area contributed by atoms with Crippen LogP contribution in [0.4, 0.5) is 26.3 Å². The Morgan fingerprint density at radius 3 is 2.08 bits per heavy atom. The standard InChI is InChI=1S/C28H20F6O4/c1-36-20-11-10-19(26(33)27(20)34)28(35)38-14-4-2-13(3-5-14)15-6-7-16(23(30)22(15)29)17-8-9-18(21-12-37-21)25(32)24(17)31/h2,6-11,14,21H,3-5,12H2,1H3. The molecule has 0 radical (unpaired) electrons. The van der Waals surface area contributed by atoms with Gasteiger partial charge in [0, 0.05) is 28.7 Å². The average Bonchev–Trinajstić information content (AvgIpc) is 3.75. The summed E-state index contributed by atoms with van der Waals surface area (Å²) in [5, 5.41) is 0. The Bertz CT molecular complexity index is 1460. The summed E-state index contributed by atoms with van der Waals surface area (Å²) >= 11 is 0. The van der Waals surface area contributed by atoms with Gasteiger partial charge in [-0.25, -0.2) is 26.7 Å². The molecule has 0 saturated carbocycles. The van der Waals surface area contributed by atoms with E-state index in [1.807, 2.05) is 0 Å². The molecule has 0 N–H and O–H groups in total. The van der Waals surface area contributed by atoms with Crippen LogP contribution < -0.4 is 4.74 Å². The van der Waals surface area contributed by atoms with Gasteiger partial charge < -0.3 is 14.2 Å². The molecule has 3 aromatic carbocycles. The first-order valence-electron chi connectivity index (χ1n) is 11.7. The van der Waals surface area contributed by atoms with Crippen LogP contribution >= 0.6 is 0 Å². The highest BCUT2D eigenvalue weighted by Gasteiger charge is 2.31. The number of epoxide rings is 1. The number of carbonyl (C=O) groups excluding carboxylic acids is 1. The number of esters is 1. The van der Waals surface area contributed by atoms with E-state index in [2.05, 4.69) is 4.74 Å². The minimum absolute atomic E-state index is 0.0197. The largest absolute Gasteiger partial charge is 0.494 e. The molecule has 1 saturated heterocycles. The first-order chi connectivity index (χ1) is 18.2. The zero-order valence-electron chi connectivity index (χ0n) is 19.9. The lowest BCUT2D eigenvalue weighted by molar-refractivity contribution is 0.0278. The number of methoxy groups -OCH3 is 1. The number of benzene rings is 3. The molecular formula is C28H20F6O4. The van der Waals surface area contributed by atoms with Crippen LogP contribution in [0.2, 0.25) is 0 Å². The third-order valence-corrected chi connectivity index (χ3v) is 6.63. The number of ether oxygens (including phenoxy) is 3. The molecule has 10 heteroatoms. The molecule has 3 aromatic rings. The fourth-order valence-corrected chi connectivity index (χ4v) is 4.48. The lowest BCUT2D eigenvalue weighted by atomic mass is 9.90. The van der Waals surface area contributed by atoms with Gasteiger partial charge >= 0.3 is 5.97 Å². The number of hydrogen-bond donors (Lipinski definition) is 0. The van der Waals surface area contributed by atoms with E-state index < -0.39 is 69.8 Å². The molecule has 5 rings (SSSR count). The average molecular weight is 534 g/mol. The second-order valence-corrected chi connectivity index (χ2v) is 8.92. The van der Waals surface area contributed by atoms with Crippen molar-refractivity contribution in [3.8, 4) is 16.9 Å². The first kappa shape index (κ1) is 25.8. The van der Waals surface area contributed by atoms with Crippen molar-refractivity contribution in [1.29, 1.82) is 0 Å². The van der Waals surface area contributed by atoms with Crippen molar-refractivity contribution in [1.82, 2.24) is 0 Å². The van der Waals surface area contributed by atoms with Crippen LogP contribution in [0.5, 0.6) is 5.75 Å². The maximum atomic E-state index is 15.0. The topological polar surface area (TPSA) is 48.1 Å². The van der Waals surface area contributed by atoms with E-state index in [-0.39, 0.29) is 42.7 Å². The predicted octanol–water partition coefficient (Wildman–Crippen LogP) is 7.06. The summed E-state index contributed by atoms with van der Waals surface area (Å²) < 4.78 is 102. The van der Waals surface area contributed by atoms with Crippen molar-refractivity contribution in [2.45, 2.75) is 31.5 Å². The molecule has 0 amide bonds. The summed E-state index contributed by atoms with van der Waals surface area (Å²) in [5.74, 6) is -9.16. The number of allylic oxidation sites excluding steroid dienone is 1. The molecule has 1 aliphatic carbocycles. The smallest absolute Gasteiger partial charge is 0.341 e. The summed E-state index contributed by atoms with van der Waals surface area (Å²) in [4.78, 5) is 12.4.